The molecule has 6 nitrogen and oxygen atoms in total. The lowest BCUT2D eigenvalue weighted by molar-refractivity contribution is -0.143. The van der Waals surface area contributed by atoms with Crippen LogP contribution < -0.4 is 10.1 Å². The van der Waals surface area contributed by atoms with Gasteiger partial charge in [-0.2, -0.15) is 0 Å². The highest BCUT2D eigenvalue weighted by Crippen LogP contribution is 2.60. The van der Waals surface area contributed by atoms with Crippen LogP contribution in [0.5, 0.6) is 5.75 Å². The first kappa shape index (κ1) is 16.5. The molecule has 0 aromatic heterocycles. The number of nitrogens with one attached hydrogen (secondary N) is 1. The van der Waals surface area contributed by atoms with Crippen molar-refractivity contribution in [1.82, 2.24) is 5.32 Å². The van der Waals surface area contributed by atoms with Gasteiger partial charge >= 0.3 is 5.97 Å². The minimum Gasteiger partial charge on any atom is -0.493 e. The number of hydrogen-bond acceptors (Lipinski definition) is 4. The van der Waals surface area contributed by atoms with Crippen molar-refractivity contribution in [2.45, 2.75) is 24.3 Å². The number of ether oxygens (including phenoxy) is 2. The van der Waals surface area contributed by atoms with Gasteiger partial charge in [0.25, 0.3) is 0 Å². The van der Waals surface area contributed by atoms with Gasteiger partial charge in [0, 0.05) is 16.9 Å². The van der Waals surface area contributed by atoms with Crippen molar-refractivity contribution in [3.8, 4) is 5.75 Å². The molecule has 3 atom stereocenters. The first-order valence-electron chi connectivity index (χ1n) is 8.02. The summed E-state index contributed by atoms with van der Waals surface area (Å²) < 4.78 is 10.8. The molecule has 0 radical (unpaired) electrons. The van der Waals surface area contributed by atoms with Crippen molar-refractivity contribution >= 4 is 11.9 Å². The molecule has 1 aliphatic carbocycles. The maximum Gasteiger partial charge on any atom is 0.328 e. The number of rotatable bonds is 7. The fraction of sp³-hybridized carbons (Fsp3) is 0.444. The average Bonchev–Trinajstić information content (AvgIpc) is 3.29. The third-order valence-corrected chi connectivity index (χ3v) is 4.76. The Balaban J connectivity index is 1.67. The number of carbonyl (C=O) groups excluding carboxylic acids is 1. The molecule has 2 N–H and O–H groups in total. The Morgan fingerprint density at radius 2 is 2.29 bits per heavy atom. The van der Waals surface area contributed by atoms with Gasteiger partial charge in [0.2, 0.25) is 5.91 Å². The first-order chi connectivity index (χ1) is 11.6. The summed E-state index contributed by atoms with van der Waals surface area (Å²) in [7, 11) is 0. The summed E-state index contributed by atoms with van der Waals surface area (Å²) >= 11 is 0. The second-order valence-corrected chi connectivity index (χ2v) is 6.23. The van der Waals surface area contributed by atoms with E-state index in [4.69, 9.17) is 9.47 Å². The quantitative estimate of drug-likeness (QED) is 0.584. The third kappa shape index (κ3) is 3.01. The Labute approximate surface area is 140 Å². The van der Waals surface area contributed by atoms with E-state index in [2.05, 4.69) is 11.9 Å². The van der Waals surface area contributed by atoms with Crippen LogP contribution in [0.2, 0.25) is 0 Å². The number of benzene rings is 1. The van der Waals surface area contributed by atoms with Gasteiger partial charge in [-0.25, -0.2) is 4.79 Å². The van der Waals surface area contributed by atoms with Gasteiger partial charge < -0.3 is 19.9 Å². The Morgan fingerprint density at radius 3 is 3.04 bits per heavy atom. The molecule has 0 bridgehead atoms. The summed E-state index contributed by atoms with van der Waals surface area (Å²) in [5, 5.41) is 11.8. The van der Waals surface area contributed by atoms with E-state index in [1.807, 2.05) is 24.3 Å². The standard InChI is InChI=1S/C18H21NO5/c1-2-8-23-11-14(17(21)22)19-16(20)13-10-18(13)7-9-24-15-6-4-3-5-12(15)18/h2-6,13-14H,1,7-11H2,(H,19,20)(H,21,22)/t13-,14?,18-/m0/s1. The van der Waals surface area contributed by atoms with Gasteiger partial charge in [0.05, 0.1) is 19.8 Å². The van der Waals surface area contributed by atoms with Crippen LogP contribution in [-0.2, 0) is 19.7 Å². The lowest BCUT2D eigenvalue weighted by Gasteiger charge is -2.27. The zero-order valence-electron chi connectivity index (χ0n) is 13.4. The van der Waals surface area contributed by atoms with Crippen molar-refractivity contribution in [1.29, 1.82) is 0 Å². The van der Waals surface area contributed by atoms with Gasteiger partial charge in [-0.1, -0.05) is 24.3 Å². The molecular weight excluding hydrogens is 310 g/mol. The number of carboxylic acids is 1. The van der Waals surface area contributed by atoms with Crippen molar-refractivity contribution in [2.24, 2.45) is 5.92 Å². The van der Waals surface area contributed by atoms with E-state index >= 15 is 0 Å². The lowest BCUT2D eigenvalue weighted by Crippen LogP contribution is -2.45. The van der Waals surface area contributed by atoms with Gasteiger partial charge in [-0.3, -0.25) is 4.79 Å². The zero-order valence-corrected chi connectivity index (χ0v) is 13.4. The maximum atomic E-state index is 12.5. The lowest BCUT2D eigenvalue weighted by atomic mass is 9.87. The molecule has 2 aliphatic rings. The highest BCUT2D eigenvalue weighted by atomic mass is 16.5. The number of fused-ring (bicyclic) bond motifs is 2. The molecule has 1 spiro atoms. The summed E-state index contributed by atoms with van der Waals surface area (Å²) in [4.78, 5) is 23.8. The second kappa shape index (κ2) is 6.65. The summed E-state index contributed by atoms with van der Waals surface area (Å²) in [5.74, 6) is -0.734. The number of aliphatic carboxylic acids is 1. The first-order valence-corrected chi connectivity index (χ1v) is 8.02. The Morgan fingerprint density at radius 1 is 1.50 bits per heavy atom. The number of hydrogen-bond donors (Lipinski definition) is 2. The molecule has 1 aromatic carbocycles. The van der Waals surface area contributed by atoms with E-state index in [0.29, 0.717) is 6.61 Å². The normalized spacial score (nSPS) is 25.2. The molecule has 0 saturated heterocycles. The Hall–Kier alpha value is -2.34. The fourth-order valence-electron chi connectivity index (χ4n) is 3.42. The number of carbonyl (C=O) groups is 2. The Kier molecular flexibility index (Phi) is 4.57. The van der Waals surface area contributed by atoms with Gasteiger partial charge in [0.1, 0.15) is 5.75 Å². The van der Waals surface area contributed by atoms with E-state index in [9.17, 15) is 14.7 Å². The summed E-state index contributed by atoms with van der Waals surface area (Å²) in [6.07, 6.45) is 3.03. The molecule has 128 valence electrons. The smallest absolute Gasteiger partial charge is 0.328 e. The molecule has 1 amide bonds. The Bertz CT molecular complexity index is 659. The number of para-hydroxylation sites is 1. The minimum absolute atomic E-state index is 0.0769. The molecular formula is C18H21NO5. The zero-order chi connectivity index (χ0) is 17.2. The highest BCUT2D eigenvalue weighted by molar-refractivity contribution is 5.89. The topological polar surface area (TPSA) is 84.9 Å². The number of carboxylic acid groups (broad SMARTS) is 1. The van der Waals surface area contributed by atoms with Gasteiger partial charge in [-0.15, -0.1) is 6.58 Å². The van der Waals surface area contributed by atoms with Crippen LogP contribution in [0.15, 0.2) is 36.9 Å². The van der Waals surface area contributed by atoms with Crippen LogP contribution in [0.4, 0.5) is 0 Å². The van der Waals surface area contributed by atoms with Gasteiger partial charge in [0.15, 0.2) is 6.04 Å². The predicted molar refractivity (Wildman–Crippen MR) is 86.9 cm³/mol. The van der Waals surface area contributed by atoms with E-state index in [1.54, 1.807) is 0 Å². The van der Waals surface area contributed by atoms with Crippen LogP contribution in [0.3, 0.4) is 0 Å². The minimum atomic E-state index is -1.10. The second-order valence-electron chi connectivity index (χ2n) is 6.23. The van der Waals surface area contributed by atoms with Crippen molar-refractivity contribution in [2.75, 3.05) is 19.8 Å². The monoisotopic (exact) mass is 331 g/mol. The van der Waals surface area contributed by atoms with Crippen LogP contribution in [0.1, 0.15) is 18.4 Å². The third-order valence-electron chi connectivity index (χ3n) is 4.76. The van der Waals surface area contributed by atoms with E-state index in [-0.39, 0.29) is 30.5 Å². The van der Waals surface area contributed by atoms with Crippen LogP contribution >= 0.6 is 0 Å². The maximum absolute atomic E-state index is 12.5. The molecule has 1 heterocycles. The van der Waals surface area contributed by atoms with Crippen LogP contribution in [0, 0.1) is 5.92 Å². The van der Waals surface area contributed by atoms with Crippen molar-refractivity contribution in [3.63, 3.8) is 0 Å². The predicted octanol–water partition coefficient (Wildman–Crippen LogP) is 1.50. The summed E-state index contributed by atoms with van der Waals surface area (Å²) in [6.45, 7) is 4.25. The van der Waals surface area contributed by atoms with Crippen LogP contribution in [-0.4, -0.2) is 42.8 Å². The average molecular weight is 331 g/mol. The largest absolute Gasteiger partial charge is 0.493 e. The van der Waals surface area contributed by atoms with Crippen molar-refractivity contribution in [3.05, 3.63) is 42.5 Å². The highest BCUT2D eigenvalue weighted by Gasteiger charge is 2.61. The molecule has 1 aromatic rings. The van der Waals surface area contributed by atoms with Gasteiger partial charge in [-0.05, 0) is 18.9 Å². The molecule has 1 saturated carbocycles. The molecule has 24 heavy (non-hydrogen) atoms. The molecule has 1 fully saturated rings. The van der Waals surface area contributed by atoms with E-state index < -0.39 is 12.0 Å². The summed E-state index contributed by atoms with van der Waals surface area (Å²) in [6, 6.07) is 6.69. The SMILES string of the molecule is C=CCOCC(NC(=O)[C@@H]1C[C@]12CCOc1ccccc12)C(=O)O. The molecule has 1 aliphatic heterocycles. The van der Waals surface area contributed by atoms with Crippen molar-refractivity contribution < 1.29 is 24.2 Å². The molecule has 6 heteroatoms. The molecule has 1 unspecified atom stereocenters. The fourth-order valence-corrected chi connectivity index (χ4v) is 3.42. The summed E-state index contributed by atoms with van der Waals surface area (Å²) in [5.41, 5.74) is 0.829. The number of amides is 1. The van der Waals surface area contributed by atoms with E-state index in [0.717, 1.165) is 24.2 Å². The van der Waals surface area contributed by atoms with E-state index in [1.165, 1.54) is 6.08 Å². The molecule has 3 rings (SSSR count). The van der Waals surface area contributed by atoms with Crippen LogP contribution in [0.25, 0.3) is 0 Å².